The summed E-state index contributed by atoms with van der Waals surface area (Å²) in [6, 6.07) is 11.2. The van der Waals surface area contributed by atoms with E-state index in [0.717, 1.165) is 13.0 Å². The molecule has 2 nitrogen and oxygen atoms in total. The van der Waals surface area contributed by atoms with E-state index in [9.17, 15) is 0 Å². The van der Waals surface area contributed by atoms with Crippen molar-refractivity contribution in [1.82, 2.24) is 5.32 Å². The standard InChI is InChI=1S/C18H31NO/c1-4-5-7-12-17(16-10-8-6-9-11-16)19-15-18(2,3)13-14-20/h6,8-11,17,19-20H,4-5,7,12-15H2,1-3H3. The maximum absolute atomic E-state index is 9.13. The van der Waals surface area contributed by atoms with E-state index in [1.54, 1.807) is 0 Å². The third kappa shape index (κ3) is 6.53. The summed E-state index contributed by atoms with van der Waals surface area (Å²) in [5.41, 5.74) is 1.52. The Bertz CT molecular complexity index is 348. The minimum atomic E-state index is 0.145. The van der Waals surface area contributed by atoms with Crippen molar-refractivity contribution >= 4 is 0 Å². The molecule has 114 valence electrons. The molecule has 2 N–H and O–H groups in total. The van der Waals surface area contributed by atoms with E-state index >= 15 is 0 Å². The van der Waals surface area contributed by atoms with Gasteiger partial charge in [0.25, 0.3) is 0 Å². The summed E-state index contributed by atoms with van der Waals surface area (Å²) >= 11 is 0. The highest BCUT2D eigenvalue weighted by Crippen LogP contribution is 2.24. The van der Waals surface area contributed by atoms with Crippen molar-refractivity contribution in [2.75, 3.05) is 13.2 Å². The first-order valence-electron chi connectivity index (χ1n) is 7.98. The van der Waals surface area contributed by atoms with E-state index in [1.165, 1.54) is 31.2 Å². The predicted octanol–water partition coefficient (Wildman–Crippen LogP) is 4.31. The Morgan fingerprint density at radius 3 is 2.45 bits per heavy atom. The highest BCUT2D eigenvalue weighted by atomic mass is 16.3. The zero-order chi connectivity index (χ0) is 14.8. The van der Waals surface area contributed by atoms with Crippen LogP contribution in [0.2, 0.25) is 0 Å². The van der Waals surface area contributed by atoms with Gasteiger partial charge in [0.05, 0.1) is 0 Å². The van der Waals surface area contributed by atoms with Crippen LogP contribution in [0.1, 0.15) is 64.5 Å². The van der Waals surface area contributed by atoms with Gasteiger partial charge in [-0.1, -0.05) is 70.4 Å². The van der Waals surface area contributed by atoms with Gasteiger partial charge in [-0.15, -0.1) is 0 Å². The summed E-state index contributed by atoms with van der Waals surface area (Å²) in [6.45, 7) is 7.88. The molecule has 0 heterocycles. The van der Waals surface area contributed by atoms with Crippen molar-refractivity contribution in [3.05, 3.63) is 35.9 Å². The molecule has 0 spiro atoms. The Labute approximate surface area is 124 Å². The lowest BCUT2D eigenvalue weighted by Crippen LogP contribution is -2.33. The molecule has 0 aliphatic carbocycles. The molecular weight excluding hydrogens is 246 g/mol. The summed E-state index contributed by atoms with van der Waals surface area (Å²) in [5.74, 6) is 0. The summed E-state index contributed by atoms with van der Waals surface area (Å²) in [6.07, 6.45) is 5.86. The van der Waals surface area contributed by atoms with Gasteiger partial charge in [-0.3, -0.25) is 0 Å². The van der Waals surface area contributed by atoms with Gasteiger partial charge >= 0.3 is 0 Å². The first-order valence-corrected chi connectivity index (χ1v) is 7.98. The molecule has 0 aromatic heterocycles. The number of unbranched alkanes of at least 4 members (excludes halogenated alkanes) is 2. The third-order valence-electron chi connectivity index (χ3n) is 3.91. The molecule has 1 atom stereocenters. The van der Waals surface area contributed by atoms with E-state index in [4.69, 9.17) is 5.11 Å². The van der Waals surface area contributed by atoms with Crippen molar-refractivity contribution in [2.24, 2.45) is 5.41 Å². The second-order valence-corrected chi connectivity index (χ2v) is 6.48. The van der Waals surface area contributed by atoms with Crippen LogP contribution in [0.25, 0.3) is 0 Å². The van der Waals surface area contributed by atoms with Crippen LogP contribution in [-0.2, 0) is 0 Å². The van der Waals surface area contributed by atoms with Crippen LogP contribution in [0, 0.1) is 5.41 Å². The fraction of sp³-hybridized carbons (Fsp3) is 0.667. The van der Waals surface area contributed by atoms with Crippen LogP contribution in [-0.4, -0.2) is 18.3 Å². The van der Waals surface area contributed by atoms with E-state index in [-0.39, 0.29) is 12.0 Å². The first-order chi connectivity index (χ1) is 9.59. The normalized spacial score (nSPS) is 13.4. The predicted molar refractivity (Wildman–Crippen MR) is 86.8 cm³/mol. The van der Waals surface area contributed by atoms with Crippen LogP contribution in [0.4, 0.5) is 0 Å². The second-order valence-electron chi connectivity index (χ2n) is 6.48. The molecule has 1 rings (SSSR count). The van der Waals surface area contributed by atoms with Crippen molar-refractivity contribution < 1.29 is 5.11 Å². The monoisotopic (exact) mass is 277 g/mol. The van der Waals surface area contributed by atoms with Gasteiger partial charge in [0.1, 0.15) is 0 Å². The molecule has 0 radical (unpaired) electrons. The van der Waals surface area contributed by atoms with Crippen molar-refractivity contribution in [1.29, 1.82) is 0 Å². The Kier molecular flexibility index (Phi) is 7.86. The van der Waals surface area contributed by atoms with Crippen molar-refractivity contribution in [3.63, 3.8) is 0 Å². The van der Waals surface area contributed by atoms with Crippen LogP contribution >= 0.6 is 0 Å². The van der Waals surface area contributed by atoms with Crippen LogP contribution in [0.15, 0.2) is 30.3 Å². The zero-order valence-electron chi connectivity index (χ0n) is 13.4. The summed E-state index contributed by atoms with van der Waals surface area (Å²) < 4.78 is 0. The first kappa shape index (κ1) is 17.2. The lowest BCUT2D eigenvalue weighted by atomic mass is 9.88. The average Bonchev–Trinajstić information content (AvgIpc) is 2.43. The molecule has 1 aromatic rings. The molecule has 0 aliphatic rings. The fourth-order valence-electron chi connectivity index (χ4n) is 2.46. The molecule has 0 fully saturated rings. The van der Waals surface area contributed by atoms with Gasteiger partial charge in [0.2, 0.25) is 0 Å². The minimum absolute atomic E-state index is 0.145. The summed E-state index contributed by atoms with van der Waals surface area (Å²) in [4.78, 5) is 0. The second kappa shape index (κ2) is 9.15. The number of rotatable bonds is 10. The third-order valence-corrected chi connectivity index (χ3v) is 3.91. The Balaban J connectivity index is 2.59. The Morgan fingerprint density at radius 1 is 1.15 bits per heavy atom. The molecular formula is C18H31NO. The highest BCUT2D eigenvalue weighted by molar-refractivity contribution is 5.18. The molecule has 20 heavy (non-hydrogen) atoms. The number of aliphatic hydroxyl groups excluding tert-OH is 1. The van der Waals surface area contributed by atoms with Crippen molar-refractivity contribution in [3.8, 4) is 0 Å². The van der Waals surface area contributed by atoms with Crippen LogP contribution < -0.4 is 5.32 Å². The molecule has 0 bridgehead atoms. The van der Waals surface area contributed by atoms with Gasteiger partial charge in [0, 0.05) is 19.2 Å². The quantitative estimate of drug-likeness (QED) is 0.625. The highest BCUT2D eigenvalue weighted by Gasteiger charge is 2.19. The molecule has 2 heteroatoms. The molecule has 0 amide bonds. The fourth-order valence-corrected chi connectivity index (χ4v) is 2.46. The van der Waals surface area contributed by atoms with Gasteiger partial charge in [-0.25, -0.2) is 0 Å². The lowest BCUT2D eigenvalue weighted by Gasteiger charge is -2.28. The molecule has 0 aliphatic heterocycles. The van der Waals surface area contributed by atoms with Crippen molar-refractivity contribution in [2.45, 2.75) is 58.9 Å². The number of aliphatic hydroxyl groups is 1. The number of hydrogen-bond acceptors (Lipinski definition) is 2. The Morgan fingerprint density at radius 2 is 1.85 bits per heavy atom. The average molecular weight is 277 g/mol. The number of nitrogens with one attached hydrogen (secondary N) is 1. The van der Waals surface area contributed by atoms with E-state index in [1.807, 2.05) is 0 Å². The largest absolute Gasteiger partial charge is 0.396 e. The topological polar surface area (TPSA) is 32.3 Å². The maximum Gasteiger partial charge on any atom is 0.0436 e. The van der Waals surface area contributed by atoms with E-state index in [0.29, 0.717) is 6.04 Å². The minimum Gasteiger partial charge on any atom is -0.396 e. The molecule has 1 unspecified atom stereocenters. The zero-order valence-corrected chi connectivity index (χ0v) is 13.4. The number of benzene rings is 1. The van der Waals surface area contributed by atoms with Crippen LogP contribution in [0.3, 0.4) is 0 Å². The lowest BCUT2D eigenvalue weighted by molar-refractivity contribution is 0.201. The Hall–Kier alpha value is -0.860. The van der Waals surface area contributed by atoms with Crippen LogP contribution in [0.5, 0.6) is 0 Å². The van der Waals surface area contributed by atoms with E-state index in [2.05, 4.69) is 56.4 Å². The van der Waals surface area contributed by atoms with Gasteiger partial charge < -0.3 is 10.4 Å². The molecule has 1 aromatic carbocycles. The smallest absolute Gasteiger partial charge is 0.0436 e. The SMILES string of the molecule is CCCCCC(NCC(C)(C)CCO)c1ccccc1. The van der Waals surface area contributed by atoms with Gasteiger partial charge in [-0.2, -0.15) is 0 Å². The number of hydrogen-bond donors (Lipinski definition) is 2. The summed E-state index contributed by atoms with van der Waals surface area (Å²) in [7, 11) is 0. The van der Waals surface area contributed by atoms with Gasteiger partial charge in [-0.05, 0) is 23.8 Å². The summed E-state index contributed by atoms with van der Waals surface area (Å²) in [5, 5.41) is 12.8. The van der Waals surface area contributed by atoms with Gasteiger partial charge in [0.15, 0.2) is 0 Å². The molecule has 0 saturated carbocycles. The maximum atomic E-state index is 9.13. The van der Waals surface area contributed by atoms with E-state index < -0.39 is 0 Å². The molecule has 0 saturated heterocycles.